The van der Waals surface area contributed by atoms with Gasteiger partial charge in [-0.1, -0.05) is 0 Å². The number of unbranched alkanes of at least 4 members (excludes halogenated alkanes) is 2. The van der Waals surface area contributed by atoms with Gasteiger partial charge in [0.2, 0.25) is 5.91 Å². The van der Waals surface area contributed by atoms with Gasteiger partial charge < -0.3 is 4.79 Å². The van der Waals surface area contributed by atoms with E-state index in [0.29, 0.717) is 12.8 Å². The van der Waals surface area contributed by atoms with E-state index >= 15 is 0 Å². The van der Waals surface area contributed by atoms with Crippen LogP contribution in [0.1, 0.15) is 25.7 Å². The van der Waals surface area contributed by atoms with E-state index in [9.17, 15) is 9.59 Å². The van der Waals surface area contributed by atoms with Crippen molar-refractivity contribution in [3.05, 3.63) is 0 Å². The van der Waals surface area contributed by atoms with Crippen molar-refractivity contribution in [2.45, 2.75) is 25.7 Å². The fourth-order valence-electron chi connectivity index (χ4n) is 0.560. The maximum absolute atomic E-state index is 10.4. The van der Waals surface area contributed by atoms with E-state index in [0.717, 1.165) is 19.1 Å². The summed E-state index contributed by atoms with van der Waals surface area (Å²) in [5, 5.41) is 0. The Labute approximate surface area is 64.9 Å². The molecule has 0 saturated heterocycles. The highest BCUT2D eigenvalue weighted by atomic mass is 35.5. The second-order valence-corrected chi connectivity index (χ2v) is 2.12. The molecular formula is C6H10ClNO2. The Morgan fingerprint density at radius 2 is 2.20 bits per heavy atom. The summed E-state index contributed by atoms with van der Waals surface area (Å²) < 4.78 is 0. The molecule has 1 amide bonds. The zero-order valence-electron chi connectivity index (χ0n) is 5.60. The molecule has 0 spiro atoms. The van der Waals surface area contributed by atoms with Gasteiger partial charge >= 0.3 is 0 Å². The highest BCUT2D eigenvalue weighted by molar-refractivity contribution is 6.21. The zero-order chi connectivity index (χ0) is 7.82. The largest absolute Gasteiger partial charge is 0.303 e. The first-order valence-corrected chi connectivity index (χ1v) is 3.52. The molecule has 0 aromatic rings. The Morgan fingerprint density at radius 3 is 2.70 bits per heavy atom. The van der Waals surface area contributed by atoms with Crippen LogP contribution in [0.25, 0.3) is 0 Å². The third-order valence-corrected chi connectivity index (χ3v) is 1.29. The molecule has 0 aliphatic carbocycles. The molecule has 0 bridgehead atoms. The standard InChI is InChI=1S/C6H10ClNO2/c7-8-6(10)4-2-1-3-5-9/h5H,1-4H2,(H,8,10). The lowest BCUT2D eigenvalue weighted by Crippen LogP contribution is -2.11. The molecular weight excluding hydrogens is 154 g/mol. The van der Waals surface area contributed by atoms with Gasteiger partial charge in [-0.05, 0) is 12.8 Å². The lowest BCUT2D eigenvalue weighted by molar-refractivity contribution is -0.119. The van der Waals surface area contributed by atoms with E-state index in [2.05, 4.69) is 0 Å². The number of carbonyl (C=O) groups is 2. The minimum Gasteiger partial charge on any atom is -0.303 e. The molecule has 0 unspecified atom stereocenters. The quantitative estimate of drug-likeness (QED) is 0.374. The minimum absolute atomic E-state index is 0.187. The van der Waals surface area contributed by atoms with Crippen LogP contribution in [0.2, 0.25) is 0 Å². The average Bonchev–Trinajstić information content (AvgIpc) is 1.98. The number of carbonyl (C=O) groups excluding carboxylic acids is 2. The lowest BCUT2D eigenvalue weighted by Gasteiger charge is -1.94. The van der Waals surface area contributed by atoms with Crippen LogP contribution in [0, 0.1) is 0 Å². The van der Waals surface area contributed by atoms with E-state index in [-0.39, 0.29) is 5.91 Å². The molecule has 0 aliphatic rings. The van der Waals surface area contributed by atoms with Crippen LogP contribution in [0.15, 0.2) is 0 Å². The Morgan fingerprint density at radius 1 is 1.50 bits per heavy atom. The van der Waals surface area contributed by atoms with Crippen LogP contribution in [-0.4, -0.2) is 12.2 Å². The van der Waals surface area contributed by atoms with Crippen LogP contribution in [-0.2, 0) is 9.59 Å². The van der Waals surface area contributed by atoms with Gasteiger partial charge in [0.25, 0.3) is 0 Å². The van der Waals surface area contributed by atoms with E-state index in [1.807, 2.05) is 4.84 Å². The number of hydrogen-bond acceptors (Lipinski definition) is 2. The lowest BCUT2D eigenvalue weighted by atomic mass is 10.2. The second kappa shape index (κ2) is 6.55. The number of nitrogens with one attached hydrogen (secondary N) is 1. The van der Waals surface area contributed by atoms with E-state index in [4.69, 9.17) is 11.8 Å². The molecule has 0 heterocycles. The van der Waals surface area contributed by atoms with Crippen LogP contribution < -0.4 is 4.84 Å². The molecule has 3 nitrogen and oxygen atoms in total. The van der Waals surface area contributed by atoms with Crippen molar-refractivity contribution in [1.29, 1.82) is 0 Å². The summed E-state index contributed by atoms with van der Waals surface area (Å²) in [5.41, 5.74) is 0. The van der Waals surface area contributed by atoms with E-state index in [1.54, 1.807) is 0 Å². The zero-order valence-corrected chi connectivity index (χ0v) is 6.36. The topological polar surface area (TPSA) is 46.2 Å². The molecule has 10 heavy (non-hydrogen) atoms. The van der Waals surface area contributed by atoms with Crippen molar-refractivity contribution >= 4 is 24.0 Å². The maximum Gasteiger partial charge on any atom is 0.234 e. The van der Waals surface area contributed by atoms with Gasteiger partial charge in [-0.15, -0.1) is 0 Å². The van der Waals surface area contributed by atoms with Gasteiger partial charge in [0.05, 0.1) is 0 Å². The molecule has 58 valence electrons. The van der Waals surface area contributed by atoms with E-state index in [1.165, 1.54) is 0 Å². The normalized spacial score (nSPS) is 8.90. The second-order valence-electron chi connectivity index (χ2n) is 1.93. The van der Waals surface area contributed by atoms with Crippen molar-refractivity contribution < 1.29 is 9.59 Å². The van der Waals surface area contributed by atoms with Gasteiger partial charge in [0, 0.05) is 24.6 Å². The van der Waals surface area contributed by atoms with Crippen molar-refractivity contribution in [2.24, 2.45) is 0 Å². The number of amides is 1. The maximum atomic E-state index is 10.4. The molecule has 0 radical (unpaired) electrons. The molecule has 0 aromatic heterocycles. The molecule has 1 N–H and O–H groups in total. The van der Waals surface area contributed by atoms with Gasteiger partial charge in [-0.2, -0.15) is 0 Å². The summed E-state index contributed by atoms with van der Waals surface area (Å²) in [6, 6.07) is 0. The SMILES string of the molecule is O=CCCCCC(=O)NCl. The third-order valence-electron chi connectivity index (χ3n) is 1.08. The monoisotopic (exact) mass is 163 g/mol. The fourth-order valence-corrected chi connectivity index (χ4v) is 0.655. The van der Waals surface area contributed by atoms with Gasteiger partial charge in [0.15, 0.2) is 0 Å². The molecule has 0 aromatic carbocycles. The average molecular weight is 164 g/mol. The Bertz CT molecular complexity index is 116. The van der Waals surface area contributed by atoms with Crippen molar-refractivity contribution in [3.63, 3.8) is 0 Å². The van der Waals surface area contributed by atoms with Gasteiger partial charge in [-0.25, -0.2) is 0 Å². The van der Waals surface area contributed by atoms with Crippen molar-refractivity contribution in [2.75, 3.05) is 0 Å². The van der Waals surface area contributed by atoms with Crippen molar-refractivity contribution in [1.82, 2.24) is 4.84 Å². The summed E-state index contributed by atoms with van der Waals surface area (Å²) in [6.07, 6.45) is 3.25. The predicted molar refractivity (Wildman–Crippen MR) is 38.5 cm³/mol. The Hall–Kier alpha value is -0.570. The van der Waals surface area contributed by atoms with Crippen LogP contribution >= 0.6 is 11.8 Å². The highest BCUT2D eigenvalue weighted by Crippen LogP contribution is 1.97. The van der Waals surface area contributed by atoms with Crippen molar-refractivity contribution in [3.8, 4) is 0 Å². The molecule has 0 rings (SSSR count). The first-order valence-electron chi connectivity index (χ1n) is 3.14. The van der Waals surface area contributed by atoms with Crippen LogP contribution in [0.3, 0.4) is 0 Å². The number of halogens is 1. The molecule has 0 saturated carbocycles. The van der Waals surface area contributed by atoms with Gasteiger partial charge in [-0.3, -0.25) is 9.63 Å². The predicted octanol–water partition coefficient (Wildman–Crippen LogP) is 1.02. The first-order chi connectivity index (χ1) is 4.81. The smallest absolute Gasteiger partial charge is 0.234 e. The third kappa shape index (κ3) is 5.56. The fraction of sp³-hybridized carbons (Fsp3) is 0.667. The number of aldehydes is 1. The minimum atomic E-state index is -0.187. The number of rotatable bonds is 5. The molecule has 4 heteroatoms. The highest BCUT2D eigenvalue weighted by Gasteiger charge is 1.96. The number of hydrogen-bond donors (Lipinski definition) is 1. The summed E-state index contributed by atoms with van der Waals surface area (Å²) in [5.74, 6) is -0.187. The first kappa shape index (κ1) is 9.43. The molecule has 0 atom stereocenters. The Balaban J connectivity index is 3.03. The van der Waals surface area contributed by atoms with Crippen LogP contribution in [0.5, 0.6) is 0 Å². The Kier molecular flexibility index (Phi) is 6.18. The molecule has 0 fully saturated rings. The van der Waals surface area contributed by atoms with Crippen LogP contribution in [0.4, 0.5) is 0 Å². The summed E-state index contributed by atoms with van der Waals surface area (Å²) >= 11 is 5.00. The summed E-state index contributed by atoms with van der Waals surface area (Å²) in [4.78, 5) is 22.2. The summed E-state index contributed by atoms with van der Waals surface area (Å²) in [6.45, 7) is 0. The van der Waals surface area contributed by atoms with E-state index < -0.39 is 0 Å². The molecule has 0 aliphatic heterocycles. The van der Waals surface area contributed by atoms with Gasteiger partial charge in [0.1, 0.15) is 6.29 Å². The summed E-state index contributed by atoms with van der Waals surface area (Å²) in [7, 11) is 0.